The number of nitrogens with one attached hydrogen (secondary N) is 1. The molecule has 0 aromatic heterocycles. The van der Waals surface area contributed by atoms with Crippen molar-refractivity contribution in [1.82, 2.24) is 0 Å². The van der Waals surface area contributed by atoms with Crippen molar-refractivity contribution in [3.63, 3.8) is 0 Å². The molecule has 4 aliphatic rings. The van der Waals surface area contributed by atoms with Crippen LogP contribution in [-0.4, -0.2) is 10.2 Å². The van der Waals surface area contributed by atoms with Gasteiger partial charge >= 0.3 is 0 Å². The van der Waals surface area contributed by atoms with Crippen LogP contribution in [0.2, 0.25) is 5.02 Å². The van der Waals surface area contributed by atoms with E-state index < -0.39 is 0 Å². The molecule has 2 unspecified atom stereocenters. The molecule has 4 heteroatoms. The predicted octanol–water partition coefficient (Wildman–Crippen LogP) is 5.32. The second kappa shape index (κ2) is 4.98. The molecule has 1 aromatic carbocycles. The molecule has 1 aromatic rings. The molecule has 0 heterocycles. The maximum Gasteiger partial charge on any atom is 0.230 e. The number of halogens is 2. The van der Waals surface area contributed by atoms with Gasteiger partial charge in [-0.25, -0.2) is 0 Å². The lowest BCUT2D eigenvalue weighted by atomic mass is 9.49. The van der Waals surface area contributed by atoms with Crippen molar-refractivity contribution < 1.29 is 4.79 Å². The Labute approximate surface area is 145 Å². The van der Waals surface area contributed by atoms with Crippen LogP contribution in [0.1, 0.15) is 44.1 Å². The molecule has 5 rings (SSSR count). The fraction of sp³-hybridized carbons (Fsp3) is 0.611. The Morgan fingerprint density at radius 2 is 1.95 bits per heavy atom. The Bertz CT molecular complexity index is 630. The van der Waals surface area contributed by atoms with Gasteiger partial charge in [0.2, 0.25) is 5.91 Å². The second-order valence-corrected chi connectivity index (χ2v) is 9.90. The smallest absolute Gasteiger partial charge is 0.230 e. The highest BCUT2D eigenvalue weighted by atomic mass is 79.9. The summed E-state index contributed by atoms with van der Waals surface area (Å²) in [5.41, 5.74) is 1.68. The first kappa shape index (κ1) is 15.0. The third-order valence-corrected chi connectivity index (χ3v) is 7.24. The van der Waals surface area contributed by atoms with Crippen molar-refractivity contribution in [3.05, 3.63) is 28.8 Å². The van der Waals surface area contributed by atoms with Crippen LogP contribution < -0.4 is 5.32 Å². The van der Waals surface area contributed by atoms with Crippen molar-refractivity contribution in [3.8, 4) is 0 Å². The van der Waals surface area contributed by atoms with E-state index in [4.69, 9.17) is 11.6 Å². The van der Waals surface area contributed by atoms with Gasteiger partial charge in [0.25, 0.3) is 0 Å². The normalized spacial score (nSPS) is 39.0. The summed E-state index contributed by atoms with van der Waals surface area (Å²) in [6, 6.07) is 5.77. The molecule has 0 radical (unpaired) electrons. The first-order chi connectivity index (χ1) is 10.4. The Balaban J connectivity index is 1.58. The summed E-state index contributed by atoms with van der Waals surface area (Å²) in [4.78, 5) is 13.0. The Kier molecular flexibility index (Phi) is 3.40. The first-order valence-electron chi connectivity index (χ1n) is 8.14. The standard InChI is InChI=1S/C18H21BrClNO/c1-11-2-3-14(5-15(11)20)21-16(22)17-6-12-4-13(7-17)9-18(19,8-12)10-17/h2-3,5,12-13H,4,6-10H2,1H3,(H,21,22)/t12-,13+,17?,18?. The van der Waals surface area contributed by atoms with Crippen LogP contribution in [0.3, 0.4) is 0 Å². The SMILES string of the molecule is Cc1ccc(NC(=O)C23C[C@@H]4C[C@@H](CC(Br)(C4)C2)C3)cc1Cl. The molecule has 22 heavy (non-hydrogen) atoms. The van der Waals surface area contributed by atoms with Gasteiger partial charge in [0.1, 0.15) is 0 Å². The predicted molar refractivity (Wildman–Crippen MR) is 93.6 cm³/mol. The number of benzene rings is 1. The van der Waals surface area contributed by atoms with Crippen LogP contribution in [0.15, 0.2) is 18.2 Å². The zero-order valence-corrected chi connectivity index (χ0v) is 15.1. The van der Waals surface area contributed by atoms with Crippen molar-refractivity contribution in [2.24, 2.45) is 17.3 Å². The minimum Gasteiger partial charge on any atom is -0.326 e. The van der Waals surface area contributed by atoms with Gasteiger partial charge in [0, 0.05) is 15.0 Å². The molecule has 1 amide bonds. The molecule has 1 N–H and O–H groups in total. The summed E-state index contributed by atoms with van der Waals surface area (Å²) in [7, 11) is 0. The van der Waals surface area contributed by atoms with E-state index in [0.717, 1.165) is 30.5 Å². The molecular weight excluding hydrogens is 362 g/mol. The summed E-state index contributed by atoms with van der Waals surface area (Å²) >= 11 is 10.1. The summed E-state index contributed by atoms with van der Waals surface area (Å²) in [6.45, 7) is 1.97. The quantitative estimate of drug-likeness (QED) is 0.689. The van der Waals surface area contributed by atoms with Crippen molar-refractivity contribution in [2.75, 3.05) is 5.32 Å². The minimum atomic E-state index is -0.176. The van der Waals surface area contributed by atoms with Gasteiger partial charge in [-0.3, -0.25) is 4.79 Å². The molecule has 118 valence electrons. The van der Waals surface area contributed by atoms with Crippen LogP contribution >= 0.6 is 27.5 Å². The number of hydrogen-bond donors (Lipinski definition) is 1. The first-order valence-corrected chi connectivity index (χ1v) is 9.31. The number of carbonyl (C=O) groups is 1. The van der Waals surface area contributed by atoms with Crippen LogP contribution in [0.5, 0.6) is 0 Å². The highest BCUT2D eigenvalue weighted by Crippen LogP contribution is 2.64. The van der Waals surface area contributed by atoms with E-state index in [0.29, 0.717) is 16.9 Å². The van der Waals surface area contributed by atoms with Crippen LogP contribution in [0.25, 0.3) is 0 Å². The highest BCUT2D eigenvalue weighted by molar-refractivity contribution is 9.10. The Hall–Kier alpha value is -0.540. The van der Waals surface area contributed by atoms with Gasteiger partial charge in [0.15, 0.2) is 0 Å². The zero-order chi connectivity index (χ0) is 15.5. The van der Waals surface area contributed by atoms with E-state index in [1.807, 2.05) is 25.1 Å². The van der Waals surface area contributed by atoms with Gasteiger partial charge < -0.3 is 5.32 Å². The van der Waals surface area contributed by atoms with Crippen molar-refractivity contribution in [2.45, 2.75) is 49.8 Å². The van der Waals surface area contributed by atoms with E-state index in [2.05, 4.69) is 21.2 Å². The zero-order valence-electron chi connectivity index (χ0n) is 12.8. The fourth-order valence-electron chi connectivity index (χ4n) is 5.35. The summed E-state index contributed by atoms with van der Waals surface area (Å²) in [5, 5.41) is 3.85. The number of carbonyl (C=O) groups excluding carboxylic acids is 1. The highest BCUT2D eigenvalue weighted by Gasteiger charge is 2.59. The topological polar surface area (TPSA) is 29.1 Å². The van der Waals surface area contributed by atoms with E-state index in [1.54, 1.807) is 0 Å². The third kappa shape index (κ3) is 2.41. The maximum absolute atomic E-state index is 13.0. The summed E-state index contributed by atoms with van der Waals surface area (Å²) in [6.07, 6.45) is 6.91. The lowest BCUT2D eigenvalue weighted by molar-refractivity contribution is -0.138. The van der Waals surface area contributed by atoms with E-state index in [1.165, 1.54) is 19.3 Å². The molecule has 4 aliphatic carbocycles. The average molecular weight is 383 g/mol. The lowest BCUT2D eigenvalue weighted by Crippen LogP contribution is -2.57. The van der Waals surface area contributed by atoms with E-state index in [-0.39, 0.29) is 15.6 Å². The molecule has 4 atom stereocenters. The van der Waals surface area contributed by atoms with Gasteiger partial charge in [-0.2, -0.15) is 0 Å². The molecule has 2 nitrogen and oxygen atoms in total. The molecule has 0 saturated heterocycles. The summed E-state index contributed by atoms with van der Waals surface area (Å²) in [5.74, 6) is 1.63. The van der Waals surface area contributed by atoms with Crippen LogP contribution in [0, 0.1) is 24.2 Å². The van der Waals surface area contributed by atoms with Gasteiger partial charge in [-0.15, -0.1) is 0 Å². The average Bonchev–Trinajstić information content (AvgIpc) is 2.40. The Morgan fingerprint density at radius 3 is 2.55 bits per heavy atom. The Morgan fingerprint density at radius 1 is 1.27 bits per heavy atom. The monoisotopic (exact) mass is 381 g/mol. The largest absolute Gasteiger partial charge is 0.326 e. The molecule has 0 spiro atoms. The second-order valence-electron chi connectivity index (χ2n) is 7.81. The molecule has 4 fully saturated rings. The summed E-state index contributed by atoms with van der Waals surface area (Å²) < 4.78 is 0.208. The number of aryl methyl sites for hydroxylation is 1. The molecular formula is C18H21BrClNO. The minimum absolute atomic E-state index is 0.176. The maximum atomic E-state index is 13.0. The van der Waals surface area contributed by atoms with Crippen LogP contribution in [-0.2, 0) is 4.79 Å². The lowest BCUT2D eigenvalue weighted by Gasteiger charge is -2.59. The van der Waals surface area contributed by atoms with Gasteiger partial charge in [0.05, 0.1) is 5.41 Å². The molecule has 0 aliphatic heterocycles. The number of alkyl halides is 1. The van der Waals surface area contributed by atoms with E-state index >= 15 is 0 Å². The van der Waals surface area contributed by atoms with Gasteiger partial charge in [-0.1, -0.05) is 33.6 Å². The van der Waals surface area contributed by atoms with Crippen LogP contribution in [0.4, 0.5) is 5.69 Å². The fourth-order valence-corrected chi connectivity index (χ4v) is 6.98. The third-order valence-electron chi connectivity index (χ3n) is 5.90. The number of anilines is 1. The van der Waals surface area contributed by atoms with Crippen molar-refractivity contribution in [1.29, 1.82) is 0 Å². The van der Waals surface area contributed by atoms with Gasteiger partial charge in [-0.05, 0) is 75.0 Å². The van der Waals surface area contributed by atoms with Crippen molar-refractivity contribution >= 4 is 39.1 Å². The van der Waals surface area contributed by atoms with E-state index in [9.17, 15) is 4.79 Å². The number of hydrogen-bond acceptors (Lipinski definition) is 1. The molecule has 4 saturated carbocycles. The molecule has 4 bridgehead atoms. The number of rotatable bonds is 2. The number of amides is 1.